The Bertz CT molecular complexity index is 997. The molecule has 1 aromatic heterocycles. The van der Waals surface area contributed by atoms with E-state index in [0.29, 0.717) is 26.5 Å². The number of methoxy groups -OCH3 is 1. The average Bonchev–Trinajstić information content (AvgIpc) is 3.15. The zero-order valence-electron chi connectivity index (χ0n) is 14.5. The summed E-state index contributed by atoms with van der Waals surface area (Å²) in [5.41, 5.74) is 3.78. The Labute approximate surface area is 174 Å². The van der Waals surface area contributed by atoms with E-state index in [0.717, 1.165) is 5.69 Å². The van der Waals surface area contributed by atoms with Crippen molar-refractivity contribution >= 4 is 47.1 Å². The Hall–Kier alpha value is -2.62. The van der Waals surface area contributed by atoms with Crippen molar-refractivity contribution in [3.8, 4) is 11.4 Å². The number of aromatic nitrogens is 4. The molecule has 3 rings (SSSR count). The molecule has 144 valence electrons. The van der Waals surface area contributed by atoms with Crippen LogP contribution in [0.2, 0.25) is 10.0 Å². The number of para-hydroxylation sites is 1. The monoisotopic (exact) mass is 436 g/mol. The van der Waals surface area contributed by atoms with E-state index in [1.807, 2.05) is 30.3 Å². The molecular formula is C17H14Cl2N6O2S. The first-order valence-corrected chi connectivity index (χ1v) is 9.64. The molecule has 1 N–H and O–H groups in total. The number of tetrazole rings is 1. The minimum Gasteiger partial charge on any atom is -0.495 e. The van der Waals surface area contributed by atoms with Crippen molar-refractivity contribution in [3.63, 3.8) is 0 Å². The first kappa shape index (κ1) is 20.1. The van der Waals surface area contributed by atoms with E-state index < -0.39 is 0 Å². The number of carbonyl (C=O) groups excluding carboxylic acids is 1. The van der Waals surface area contributed by atoms with Crippen LogP contribution in [0.1, 0.15) is 5.56 Å². The van der Waals surface area contributed by atoms with Crippen LogP contribution < -0.4 is 10.2 Å². The summed E-state index contributed by atoms with van der Waals surface area (Å²) < 4.78 is 6.77. The SMILES string of the molecule is COc1c(Cl)cc(Cl)cc1/C=N\NC(=O)CSc1nnnn1-c1ccccc1. The number of hydrazone groups is 1. The molecule has 0 aliphatic rings. The molecule has 0 spiro atoms. The molecule has 1 amide bonds. The highest BCUT2D eigenvalue weighted by molar-refractivity contribution is 7.99. The number of hydrogen-bond donors (Lipinski definition) is 1. The van der Waals surface area contributed by atoms with Crippen LogP contribution in [-0.2, 0) is 4.79 Å². The first-order valence-electron chi connectivity index (χ1n) is 7.90. The third-order valence-corrected chi connectivity index (χ3v) is 4.83. The van der Waals surface area contributed by atoms with Gasteiger partial charge in [0.15, 0.2) is 0 Å². The van der Waals surface area contributed by atoms with Gasteiger partial charge in [-0.05, 0) is 34.7 Å². The Morgan fingerprint density at radius 2 is 2.11 bits per heavy atom. The van der Waals surface area contributed by atoms with Gasteiger partial charge in [-0.15, -0.1) is 5.10 Å². The lowest BCUT2D eigenvalue weighted by Gasteiger charge is -2.07. The van der Waals surface area contributed by atoms with Crippen LogP contribution in [0.15, 0.2) is 52.7 Å². The third-order valence-electron chi connectivity index (χ3n) is 3.41. The van der Waals surface area contributed by atoms with Gasteiger partial charge in [0.1, 0.15) is 5.75 Å². The molecule has 0 bridgehead atoms. The zero-order valence-corrected chi connectivity index (χ0v) is 16.9. The topological polar surface area (TPSA) is 94.3 Å². The van der Waals surface area contributed by atoms with Crippen LogP contribution in [0.4, 0.5) is 0 Å². The van der Waals surface area contributed by atoms with Gasteiger partial charge in [0.05, 0.1) is 29.8 Å². The van der Waals surface area contributed by atoms with E-state index in [2.05, 4.69) is 26.1 Å². The van der Waals surface area contributed by atoms with E-state index in [-0.39, 0.29) is 11.7 Å². The second-order valence-electron chi connectivity index (χ2n) is 5.30. The molecule has 0 radical (unpaired) electrons. The Morgan fingerprint density at radius 1 is 1.32 bits per heavy atom. The van der Waals surface area contributed by atoms with Gasteiger partial charge in [0.2, 0.25) is 5.16 Å². The van der Waals surface area contributed by atoms with Crippen LogP contribution in [0, 0.1) is 0 Å². The molecule has 0 saturated carbocycles. The smallest absolute Gasteiger partial charge is 0.250 e. The molecule has 11 heteroatoms. The van der Waals surface area contributed by atoms with Crippen molar-refractivity contribution in [2.45, 2.75) is 5.16 Å². The molecular weight excluding hydrogens is 423 g/mol. The van der Waals surface area contributed by atoms with Gasteiger partial charge in [-0.25, -0.2) is 5.43 Å². The highest BCUT2D eigenvalue weighted by atomic mass is 35.5. The fourth-order valence-electron chi connectivity index (χ4n) is 2.23. The third kappa shape index (κ3) is 5.00. The average molecular weight is 437 g/mol. The molecule has 3 aromatic rings. The molecule has 0 unspecified atom stereocenters. The number of nitrogens with one attached hydrogen (secondary N) is 1. The van der Waals surface area contributed by atoms with Crippen molar-refractivity contribution in [2.75, 3.05) is 12.9 Å². The van der Waals surface area contributed by atoms with Crippen LogP contribution in [0.3, 0.4) is 0 Å². The summed E-state index contributed by atoms with van der Waals surface area (Å²) in [6, 6.07) is 12.6. The van der Waals surface area contributed by atoms with Gasteiger partial charge < -0.3 is 4.74 Å². The minimum absolute atomic E-state index is 0.0813. The van der Waals surface area contributed by atoms with Gasteiger partial charge in [-0.2, -0.15) is 9.78 Å². The maximum atomic E-state index is 12.1. The normalized spacial score (nSPS) is 11.0. The van der Waals surface area contributed by atoms with E-state index >= 15 is 0 Å². The number of ether oxygens (including phenoxy) is 1. The van der Waals surface area contributed by atoms with E-state index in [1.54, 1.807) is 16.8 Å². The number of nitrogens with zero attached hydrogens (tertiary/aromatic N) is 5. The number of halogens is 2. The summed E-state index contributed by atoms with van der Waals surface area (Å²) in [6.07, 6.45) is 1.41. The highest BCUT2D eigenvalue weighted by Gasteiger charge is 2.11. The summed E-state index contributed by atoms with van der Waals surface area (Å²) in [4.78, 5) is 12.1. The summed E-state index contributed by atoms with van der Waals surface area (Å²) in [7, 11) is 1.48. The van der Waals surface area contributed by atoms with Crippen LogP contribution in [-0.4, -0.2) is 45.2 Å². The number of thioether (sulfide) groups is 1. The quantitative estimate of drug-likeness (QED) is 0.347. The predicted molar refractivity (Wildman–Crippen MR) is 109 cm³/mol. The standard InChI is InChI=1S/C17H14Cl2N6O2S/c1-27-16-11(7-12(18)8-14(16)19)9-20-21-15(26)10-28-17-22-23-24-25(17)13-5-3-2-4-6-13/h2-9H,10H2,1H3,(H,21,26)/b20-9-. The molecule has 28 heavy (non-hydrogen) atoms. The van der Waals surface area contributed by atoms with E-state index in [1.165, 1.54) is 25.1 Å². The van der Waals surface area contributed by atoms with Crippen LogP contribution in [0.25, 0.3) is 5.69 Å². The fraction of sp³-hybridized carbons (Fsp3) is 0.118. The lowest BCUT2D eigenvalue weighted by atomic mass is 10.2. The van der Waals surface area contributed by atoms with Gasteiger partial charge in [0.25, 0.3) is 5.91 Å². The van der Waals surface area contributed by atoms with Crippen molar-refractivity contribution in [1.29, 1.82) is 0 Å². The zero-order chi connectivity index (χ0) is 19.9. The van der Waals surface area contributed by atoms with Crippen molar-refractivity contribution in [3.05, 3.63) is 58.1 Å². The van der Waals surface area contributed by atoms with Crippen LogP contribution >= 0.6 is 35.0 Å². The number of rotatable bonds is 7. The molecule has 2 aromatic carbocycles. The van der Waals surface area contributed by atoms with E-state index in [9.17, 15) is 4.79 Å². The molecule has 0 atom stereocenters. The summed E-state index contributed by atoms with van der Waals surface area (Å²) in [6.45, 7) is 0. The van der Waals surface area contributed by atoms with Crippen LogP contribution in [0.5, 0.6) is 5.75 Å². The van der Waals surface area contributed by atoms with Crippen molar-refractivity contribution in [2.24, 2.45) is 5.10 Å². The predicted octanol–water partition coefficient (Wildman–Crippen LogP) is 3.22. The molecule has 1 heterocycles. The number of benzene rings is 2. The van der Waals surface area contributed by atoms with Crippen molar-refractivity contribution < 1.29 is 9.53 Å². The number of amides is 1. The summed E-state index contributed by atoms with van der Waals surface area (Å²) >= 11 is 13.2. The Kier molecular flexibility index (Phi) is 6.85. The van der Waals surface area contributed by atoms with Gasteiger partial charge in [-0.1, -0.05) is 53.2 Å². The Morgan fingerprint density at radius 3 is 2.86 bits per heavy atom. The van der Waals surface area contributed by atoms with Gasteiger partial charge in [-0.3, -0.25) is 4.79 Å². The van der Waals surface area contributed by atoms with E-state index in [4.69, 9.17) is 27.9 Å². The van der Waals surface area contributed by atoms with Crippen molar-refractivity contribution in [1.82, 2.24) is 25.6 Å². The number of hydrogen-bond acceptors (Lipinski definition) is 7. The highest BCUT2D eigenvalue weighted by Crippen LogP contribution is 2.31. The second kappa shape index (κ2) is 9.54. The molecule has 0 saturated heterocycles. The lowest BCUT2D eigenvalue weighted by Crippen LogP contribution is -2.20. The molecule has 0 aliphatic heterocycles. The maximum Gasteiger partial charge on any atom is 0.250 e. The molecule has 0 fully saturated rings. The first-order chi connectivity index (χ1) is 13.6. The largest absolute Gasteiger partial charge is 0.495 e. The molecule has 8 nitrogen and oxygen atoms in total. The lowest BCUT2D eigenvalue weighted by molar-refractivity contribution is -0.118. The maximum absolute atomic E-state index is 12.1. The Balaban J connectivity index is 1.59. The van der Waals surface area contributed by atoms with Gasteiger partial charge in [0, 0.05) is 10.6 Å². The second-order valence-corrected chi connectivity index (χ2v) is 7.09. The fourth-order valence-corrected chi connectivity index (χ4v) is 3.50. The van der Waals surface area contributed by atoms with Gasteiger partial charge >= 0.3 is 0 Å². The summed E-state index contributed by atoms with van der Waals surface area (Å²) in [5.74, 6) is 0.175. The molecule has 0 aliphatic carbocycles. The summed E-state index contributed by atoms with van der Waals surface area (Å²) in [5, 5.41) is 16.7. The number of carbonyl (C=O) groups is 1. The minimum atomic E-state index is -0.323.